The zero-order valence-electron chi connectivity index (χ0n) is 8.15. The molecular formula is C11H4Cl5N. The number of hydrogen-bond donors (Lipinski definition) is 0. The van der Waals surface area contributed by atoms with Crippen LogP contribution in [0.1, 0.15) is 0 Å². The summed E-state index contributed by atoms with van der Waals surface area (Å²) >= 11 is 29.9. The summed E-state index contributed by atoms with van der Waals surface area (Å²) in [5.74, 6) is 0. The van der Waals surface area contributed by atoms with E-state index in [9.17, 15) is 0 Å². The van der Waals surface area contributed by atoms with Crippen LogP contribution in [0.15, 0.2) is 24.4 Å². The Morgan fingerprint density at radius 3 is 1.94 bits per heavy atom. The fourth-order valence-electron chi connectivity index (χ4n) is 1.40. The number of aromatic nitrogens is 1. The van der Waals surface area contributed by atoms with Gasteiger partial charge in [0.25, 0.3) is 0 Å². The Balaban J connectivity index is 2.72. The summed E-state index contributed by atoms with van der Waals surface area (Å²) in [6, 6.07) is 4.82. The van der Waals surface area contributed by atoms with E-state index in [4.69, 9.17) is 58.0 Å². The second kappa shape index (κ2) is 5.21. The third-order valence-electron chi connectivity index (χ3n) is 2.08. The zero-order chi connectivity index (χ0) is 12.6. The van der Waals surface area contributed by atoms with Crippen LogP contribution in [-0.4, -0.2) is 4.98 Å². The van der Waals surface area contributed by atoms with Crippen molar-refractivity contribution in [2.75, 3.05) is 0 Å². The second-order valence-corrected chi connectivity index (χ2v) is 5.28. The van der Waals surface area contributed by atoms with Crippen molar-refractivity contribution in [3.05, 3.63) is 49.6 Å². The van der Waals surface area contributed by atoms with E-state index < -0.39 is 0 Å². The summed E-state index contributed by atoms with van der Waals surface area (Å²) in [7, 11) is 0. The molecular weight excluding hydrogens is 323 g/mol. The molecule has 1 heterocycles. The van der Waals surface area contributed by atoms with Crippen molar-refractivity contribution in [3.8, 4) is 11.1 Å². The Morgan fingerprint density at radius 1 is 0.765 bits per heavy atom. The molecule has 0 spiro atoms. The van der Waals surface area contributed by atoms with E-state index in [1.807, 2.05) is 0 Å². The molecule has 0 amide bonds. The van der Waals surface area contributed by atoms with Gasteiger partial charge in [0.1, 0.15) is 5.15 Å². The highest BCUT2D eigenvalue weighted by molar-refractivity contribution is 6.43. The second-order valence-electron chi connectivity index (χ2n) is 3.24. The van der Waals surface area contributed by atoms with Crippen LogP contribution in [-0.2, 0) is 0 Å². The van der Waals surface area contributed by atoms with E-state index in [1.165, 1.54) is 6.20 Å². The molecule has 1 nitrogen and oxygen atoms in total. The first-order valence-electron chi connectivity index (χ1n) is 4.45. The number of halogens is 5. The lowest BCUT2D eigenvalue weighted by Crippen LogP contribution is -1.86. The largest absolute Gasteiger partial charge is 0.242 e. The summed E-state index contributed by atoms with van der Waals surface area (Å²) in [5.41, 5.74) is 1.14. The summed E-state index contributed by atoms with van der Waals surface area (Å²) < 4.78 is 0. The molecule has 1 aromatic carbocycles. The highest BCUT2D eigenvalue weighted by atomic mass is 35.5. The summed E-state index contributed by atoms with van der Waals surface area (Å²) in [6.07, 6.45) is 1.45. The lowest BCUT2D eigenvalue weighted by molar-refractivity contribution is 1.33. The minimum Gasteiger partial charge on any atom is -0.242 e. The minimum atomic E-state index is 0.278. The number of rotatable bonds is 1. The highest BCUT2D eigenvalue weighted by Gasteiger charge is 2.14. The van der Waals surface area contributed by atoms with Crippen molar-refractivity contribution in [1.29, 1.82) is 0 Å². The van der Waals surface area contributed by atoms with Crippen molar-refractivity contribution >= 4 is 58.0 Å². The van der Waals surface area contributed by atoms with Crippen molar-refractivity contribution in [2.45, 2.75) is 0 Å². The normalized spacial score (nSPS) is 10.6. The van der Waals surface area contributed by atoms with Crippen LogP contribution in [0.2, 0.25) is 25.2 Å². The molecule has 0 aliphatic carbocycles. The van der Waals surface area contributed by atoms with Crippen LogP contribution in [0.25, 0.3) is 11.1 Å². The average molecular weight is 327 g/mol. The molecule has 0 fully saturated rings. The smallest absolute Gasteiger partial charge is 0.137 e. The van der Waals surface area contributed by atoms with Crippen molar-refractivity contribution in [3.63, 3.8) is 0 Å². The maximum atomic E-state index is 6.10. The van der Waals surface area contributed by atoms with Crippen LogP contribution in [0, 0.1) is 0 Å². The predicted octanol–water partition coefficient (Wildman–Crippen LogP) is 6.02. The summed E-state index contributed by atoms with van der Waals surface area (Å²) in [5, 5.41) is 1.98. The van der Waals surface area contributed by atoms with Crippen LogP contribution in [0.5, 0.6) is 0 Å². The molecule has 0 aliphatic heterocycles. The van der Waals surface area contributed by atoms with Gasteiger partial charge in [-0.05, 0) is 18.2 Å². The SMILES string of the molecule is Clc1cc(Cl)c(-c2cc(Cl)cnc2Cl)c(Cl)c1. The Morgan fingerprint density at radius 2 is 1.35 bits per heavy atom. The number of pyridine rings is 1. The fraction of sp³-hybridized carbons (Fsp3) is 0. The van der Waals surface area contributed by atoms with Crippen LogP contribution < -0.4 is 0 Å². The molecule has 17 heavy (non-hydrogen) atoms. The predicted molar refractivity (Wildman–Crippen MR) is 74.7 cm³/mol. The van der Waals surface area contributed by atoms with Gasteiger partial charge in [0, 0.05) is 22.3 Å². The third-order valence-corrected chi connectivity index (χ3v) is 3.40. The monoisotopic (exact) mass is 325 g/mol. The summed E-state index contributed by atoms with van der Waals surface area (Å²) in [4.78, 5) is 3.94. The number of benzene rings is 1. The van der Waals surface area contributed by atoms with E-state index in [0.717, 1.165) is 0 Å². The topological polar surface area (TPSA) is 12.9 Å². The van der Waals surface area contributed by atoms with Crippen LogP contribution in [0.4, 0.5) is 0 Å². The Labute approximate surface area is 123 Å². The molecule has 88 valence electrons. The first-order chi connectivity index (χ1) is 7.99. The van der Waals surface area contributed by atoms with E-state index in [-0.39, 0.29) is 5.15 Å². The molecule has 1 aromatic heterocycles. The van der Waals surface area contributed by atoms with Gasteiger partial charge < -0.3 is 0 Å². The molecule has 0 bridgehead atoms. The van der Waals surface area contributed by atoms with Gasteiger partial charge in [0.05, 0.1) is 15.1 Å². The molecule has 0 atom stereocenters. The first-order valence-corrected chi connectivity index (χ1v) is 6.34. The van der Waals surface area contributed by atoms with Gasteiger partial charge >= 0.3 is 0 Å². The third kappa shape index (κ3) is 2.81. The van der Waals surface area contributed by atoms with Gasteiger partial charge in [-0.25, -0.2) is 4.98 Å². The van der Waals surface area contributed by atoms with Gasteiger partial charge in [0.2, 0.25) is 0 Å². The van der Waals surface area contributed by atoms with Gasteiger partial charge in [0.15, 0.2) is 0 Å². The van der Waals surface area contributed by atoms with Crippen molar-refractivity contribution in [2.24, 2.45) is 0 Å². The zero-order valence-corrected chi connectivity index (χ0v) is 11.9. The van der Waals surface area contributed by atoms with Gasteiger partial charge in [-0.15, -0.1) is 0 Å². The van der Waals surface area contributed by atoms with E-state index in [1.54, 1.807) is 18.2 Å². The molecule has 0 radical (unpaired) electrons. The number of nitrogens with zero attached hydrogens (tertiary/aromatic N) is 1. The molecule has 0 aliphatic rings. The molecule has 0 saturated heterocycles. The lowest BCUT2D eigenvalue weighted by Gasteiger charge is -2.09. The number of hydrogen-bond acceptors (Lipinski definition) is 1. The Bertz CT molecular complexity index is 559. The molecule has 2 rings (SSSR count). The minimum absolute atomic E-state index is 0.278. The van der Waals surface area contributed by atoms with Crippen LogP contribution in [0.3, 0.4) is 0 Å². The van der Waals surface area contributed by atoms with Gasteiger partial charge in [-0.1, -0.05) is 58.0 Å². The van der Waals surface area contributed by atoms with E-state index >= 15 is 0 Å². The lowest BCUT2D eigenvalue weighted by atomic mass is 10.1. The Hall–Kier alpha value is -0.180. The molecule has 0 saturated carbocycles. The first kappa shape index (κ1) is 13.3. The fourth-order valence-corrected chi connectivity index (χ4v) is 2.77. The van der Waals surface area contributed by atoms with E-state index in [0.29, 0.717) is 31.2 Å². The maximum Gasteiger partial charge on any atom is 0.137 e. The quantitative estimate of drug-likeness (QED) is 0.584. The highest BCUT2D eigenvalue weighted by Crippen LogP contribution is 2.40. The standard InChI is InChI=1S/C11H4Cl5N/c12-5-2-8(14)10(9(15)3-5)7-1-6(13)4-17-11(7)16/h1-4H. The van der Waals surface area contributed by atoms with Gasteiger partial charge in [-0.3, -0.25) is 0 Å². The summed E-state index contributed by atoms with van der Waals surface area (Å²) in [6.45, 7) is 0. The van der Waals surface area contributed by atoms with E-state index in [2.05, 4.69) is 4.98 Å². The Kier molecular flexibility index (Phi) is 4.06. The molecule has 2 aromatic rings. The van der Waals surface area contributed by atoms with Crippen molar-refractivity contribution in [1.82, 2.24) is 4.98 Å². The van der Waals surface area contributed by atoms with Gasteiger partial charge in [-0.2, -0.15) is 0 Å². The van der Waals surface area contributed by atoms with Crippen molar-refractivity contribution < 1.29 is 0 Å². The molecule has 6 heteroatoms. The molecule has 0 unspecified atom stereocenters. The maximum absolute atomic E-state index is 6.10. The average Bonchev–Trinajstić information content (AvgIpc) is 2.21. The molecule has 0 N–H and O–H groups in total. The van der Waals surface area contributed by atoms with Crippen LogP contribution >= 0.6 is 58.0 Å².